The quantitative estimate of drug-likeness (QED) is 0.0105. The predicted molar refractivity (Wildman–Crippen MR) is 490 cm³/mol. The third kappa shape index (κ3) is 32.0. The highest BCUT2D eigenvalue weighted by atomic mass is 16.6. The number of carbonyl (C=O) groups excluding carboxylic acids is 7. The third-order valence-electron chi connectivity index (χ3n) is 25.2. The number of fused-ring (bicyclic) bond motifs is 6. The van der Waals surface area contributed by atoms with Gasteiger partial charge in [-0.3, -0.25) is 24.0 Å². The number of aliphatic hydroxyl groups is 2. The summed E-state index contributed by atoms with van der Waals surface area (Å²) in [7, 11) is 4.49. The maximum atomic E-state index is 14.8. The number of amides is 3. The Morgan fingerprint density at radius 2 is 1.34 bits per heavy atom. The molecule has 35 heteroatoms. The number of aromatic amines is 1. The van der Waals surface area contributed by atoms with E-state index < -0.39 is 102 Å². The minimum atomic E-state index is -2.48. The van der Waals surface area contributed by atoms with Crippen molar-refractivity contribution in [2.75, 3.05) is 179 Å². The second kappa shape index (κ2) is 55.3. The van der Waals surface area contributed by atoms with Crippen LogP contribution in [-0.4, -0.2) is 319 Å². The number of nitrogens with one attached hydrogen (secondary N) is 2. The molecule has 1 aromatic carbocycles. The zero-order valence-corrected chi connectivity index (χ0v) is 78.7. The van der Waals surface area contributed by atoms with Crippen molar-refractivity contribution in [3.8, 4) is 11.3 Å². The fraction of sp³-hybridized carbons (Fsp3) is 0.660. The maximum absolute atomic E-state index is 14.8. The zero-order chi connectivity index (χ0) is 94.3. The lowest BCUT2D eigenvalue weighted by molar-refractivity contribution is -0.265. The highest BCUT2D eigenvalue weighted by Gasteiger charge is 2.53. The number of alkyl carbamates (subject to hydrolysis) is 1. The van der Waals surface area contributed by atoms with Crippen molar-refractivity contribution in [1.82, 2.24) is 44.8 Å². The smallest absolute Gasteiger partial charge is 0.407 e. The van der Waals surface area contributed by atoms with Crippen molar-refractivity contribution < 1.29 is 120 Å². The molecule has 35 nitrogen and oxygen atoms in total. The molecule has 5 aromatic rings. The van der Waals surface area contributed by atoms with E-state index in [4.69, 9.17) is 86.6 Å². The number of ketones is 3. The number of anilines is 1. The molecule has 3 fully saturated rings. The Labute approximate surface area is 774 Å². The minimum absolute atomic E-state index is 0.0188. The van der Waals surface area contributed by atoms with Crippen molar-refractivity contribution in [2.45, 2.75) is 206 Å². The minimum Gasteiger partial charge on any atom is -0.460 e. The van der Waals surface area contributed by atoms with Gasteiger partial charge in [0.2, 0.25) is 11.7 Å². The van der Waals surface area contributed by atoms with E-state index in [1.165, 1.54) is 23.9 Å². The molecule has 0 spiro atoms. The molecule has 132 heavy (non-hydrogen) atoms. The number of hydrogen-bond donors (Lipinski definition) is 5. The van der Waals surface area contributed by atoms with Crippen molar-refractivity contribution in [1.29, 1.82) is 0 Å². The van der Waals surface area contributed by atoms with Crippen LogP contribution < -0.4 is 11.1 Å². The Kier molecular flexibility index (Phi) is 44.2. The maximum Gasteiger partial charge on any atom is 0.407 e. The Hall–Kier alpha value is -8.73. The van der Waals surface area contributed by atoms with E-state index in [2.05, 4.69) is 43.5 Å². The van der Waals surface area contributed by atoms with Gasteiger partial charge in [0.25, 0.3) is 11.7 Å². The summed E-state index contributed by atoms with van der Waals surface area (Å²) in [5.74, 6) is -8.25. The molecule has 10 rings (SSSR count). The molecule has 3 amide bonds. The van der Waals surface area contributed by atoms with Crippen LogP contribution in [0, 0.1) is 35.5 Å². The number of allylic oxidation sites excluding steroid dienone is 6. The van der Waals surface area contributed by atoms with Crippen LogP contribution in [0.1, 0.15) is 149 Å². The summed E-state index contributed by atoms with van der Waals surface area (Å²) < 4.78 is 94.1. The van der Waals surface area contributed by atoms with Gasteiger partial charge in [0.05, 0.1) is 169 Å². The van der Waals surface area contributed by atoms with Crippen molar-refractivity contribution in [3.05, 3.63) is 113 Å². The number of aromatic nitrogens is 6. The molecule has 2 unspecified atom stereocenters. The van der Waals surface area contributed by atoms with Gasteiger partial charge in [0.1, 0.15) is 59.7 Å². The SMILES string of the molecule is CO[C@H]1C[C@@H]2CC[C@@H](C)[C@@](O)(O2)C(=O)C(=O)N2CCCC[C@H]2C(=O)OC([C@H](C)CC2CC[C@@H](OC(=O)NCCOCCOCCOCCOCCOCCOCCOCCOCCOCCOCCC(=O)N3CCc4cc(Cn5nc(-c6cnc7[nH]ccc7c6)c6c(N)ncnc65)ccc4C3)[C@H](OC)C2)CC(=O)[C@H](C)/C=C(\C)[C@@H](O)[C@@H](OC)C(=O)[C@H](C)C[C@H](C)/C=C/C=C/C=C/1C. The van der Waals surface area contributed by atoms with E-state index in [0.29, 0.717) is 237 Å². The lowest BCUT2D eigenvalue weighted by Gasteiger charge is -2.42. The van der Waals surface area contributed by atoms with Crippen LogP contribution in [-0.2, 0) is 124 Å². The van der Waals surface area contributed by atoms with Gasteiger partial charge in [-0.15, -0.1) is 0 Å². The summed E-state index contributed by atoms with van der Waals surface area (Å²) >= 11 is 0. The number of H-pyrrole nitrogens is 1. The number of cyclic esters (lactones) is 1. The standard InChI is InChI=1S/C97H142N10O25/c1-64-16-12-11-13-17-65(2)81(117-8)58-77-23-19-70(7)97(116,132-77)90(112)94(113)106-30-15-14-18-78(106)95(114)130-82(59-79(108)66(3)53-69(6)88(111)89(119-10)87(110)68(5)52-64)67(4)54-71-21-24-80(83(56-71)118-9)131-96(115)100-29-33-121-35-37-123-39-41-125-43-45-127-47-49-129-51-50-128-48-46-126-44-42-124-40-38-122-36-34-120-32-27-84(109)105-31-26-73-55-72(20-22-75(73)62-105)61-107-93-85(91(98)102-63-103-93)86(104-107)76-57-74-25-28-99-92(74)101-60-76/h11-13,16-17,20,22,25,28,53,55,57,60,63-64,66-68,70-71,77-78,80-83,88-89,111,116H,14-15,18-19,21,23-24,26-27,29-52,54,56,58-59,61-62H2,1-10H3,(H,99,101)(H,100,115)(H2,98,102,103)/b13-11+,16-12+,65-17+,69-53+/t64-,66-,67-,68-,70-,71?,77+,78+,80-,81+,82?,83-,88-,89+,97-/m1/s1. The van der Waals surface area contributed by atoms with E-state index >= 15 is 0 Å². The van der Waals surface area contributed by atoms with E-state index in [0.717, 1.165) is 39.7 Å². The summed E-state index contributed by atoms with van der Waals surface area (Å²) in [5, 5.41) is 33.1. The van der Waals surface area contributed by atoms with Crippen molar-refractivity contribution in [2.24, 2.45) is 35.5 Å². The number of hydrogen-bond acceptors (Lipinski definition) is 30. The summed E-state index contributed by atoms with van der Waals surface area (Å²) in [4.78, 5) is 118. The number of piperidine rings is 1. The number of Topliss-reactive ketones (excluding diaryl/α,β-unsaturated/α-hetero) is 3. The number of ether oxygens (including phenoxy) is 16. The summed E-state index contributed by atoms with van der Waals surface area (Å²) in [5.41, 5.74) is 13.9. The molecule has 4 aliphatic heterocycles. The van der Waals surface area contributed by atoms with Crippen molar-refractivity contribution >= 4 is 69.1 Å². The molecule has 1 aliphatic carbocycles. The molecule has 2 bridgehead atoms. The second-order valence-electron chi connectivity index (χ2n) is 35.0. The summed E-state index contributed by atoms with van der Waals surface area (Å²) in [6.45, 7) is 22.1. The first kappa shape index (κ1) is 105. The number of esters is 1. The van der Waals surface area contributed by atoms with E-state index in [-0.39, 0.29) is 68.3 Å². The lowest BCUT2D eigenvalue weighted by atomic mass is 9.78. The molecule has 1 saturated carbocycles. The topological polar surface area (TPSA) is 424 Å². The number of carbonyl (C=O) groups is 7. The van der Waals surface area contributed by atoms with E-state index in [9.17, 15) is 43.8 Å². The van der Waals surface area contributed by atoms with E-state index in [1.54, 1.807) is 54.2 Å². The van der Waals surface area contributed by atoms with E-state index in [1.807, 2.05) is 79.1 Å². The number of nitrogens with two attached hydrogens (primary N) is 1. The van der Waals surface area contributed by atoms with Gasteiger partial charge < -0.3 is 112 Å². The second-order valence-corrected chi connectivity index (χ2v) is 35.0. The highest BCUT2D eigenvalue weighted by molar-refractivity contribution is 6.39. The van der Waals surface area contributed by atoms with Crippen LogP contribution >= 0.6 is 0 Å². The number of rotatable bonds is 43. The van der Waals surface area contributed by atoms with Crippen LogP contribution in [0.15, 0.2) is 96.7 Å². The molecular formula is C97H142N10O25. The first-order valence-electron chi connectivity index (χ1n) is 46.9. The number of aliphatic hydroxyl groups excluding tert-OH is 1. The Morgan fingerprint density at radius 3 is 1.98 bits per heavy atom. The van der Waals surface area contributed by atoms with Gasteiger partial charge in [-0.2, -0.15) is 5.10 Å². The molecule has 6 N–H and O–H groups in total. The predicted octanol–water partition coefficient (Wildman–Crippen LogP) is 9.37. The Bertz CT molecular complexity index is 4580. The first-order chi connectivity index (χ1) is 63.9. The lowest BCUT2D eigenvalue weighted by Crippen LogP contribution is -2.61. The van der Waals surface area contributed by atoms with Crippen LogP contribution in [0.4, 0.5) is 10.6 Å². The fourth-order valence-corrected chi connectivity index (χ4v) is 17.5. The molecule has 8 heterocycles. The van der Waals surface area contributed by atoms with Gasteiger partial charge >= 0.3 is 12.1 Å². The van der Waals surface area contributed by atoms with Crippen LogP contribution in [0.3, 0.4) is 0 Å². The highest BCUT2D eigenvalue weighted by Crippen LogP contribution is 2.40. The summed E-state index contributed by atoms with van der Waals surface area (Å²) in [6.07, 6.45) is 15.5. The van der Waals surface area contributed by atoms with Crippen LogP contribution in [0.25, 0.3) is 33.3 Å². The zero-order valence-electron chi connectivity index (χ0n) is 78.7. The summed E-state index contributed by atoms with van der Waals surface area (Å²) in [6, 6.07) is 9.14. The fourth-order valence-electron chi connectivity index (χ4n) is 17.5. The third-order valence-corrected chi connectivity index (χ3v) is 25.2. The molecule has 730 valence electrons. The average Bonchev–Trinajstić information content (AvgIpc) is 1.63. The monoisotopic (exact) mass is 1850 g/mol. The number of benzene rings is 1. The van der Waals surface area contributed by atoms with Crippen LogP contribution in [0.2, 0.25) is 0 Å². The number of pyridine rings is 1. The molecule has 15 atom stereocenters. The Balaban J connectivity index is 0.523. The number of nitrogen functional groups attached to an aromatic ring is 1. The average molecular weight is 1850 g/mol. The van der Waals surface area contributed by atoms with Gasteiger partial charge in [0, 0.05) is 101 Å². The van der Waals surface area contributed by atoms with Gasteiger partial charge in [0.15, 0.2) is 11.4 Å². The molecule has 0 radical (unpaired) electrons. The first-order valence-corrected chi connectivity index (χ1v) is 46.9. The molecule has 4 aromatic heterocycles. The largest absolute Gasteiger partial charge is 0.460 e. The Morgan fingerprint density at radius 1 is 0.689 bits per heavy atom. The molecule has 5 aliphatic rings. The van der Waals surface area contributed by atoms with Crippen LogP contribution in [0.5, 0.6) is 0 Å². The van der Waals surface area contributed by atoms with Gasteiger partial charge in [-0.05, 0) is 142 Å². The van der Waals surface area contributed by atoms with Crippen molar-refractivity contribution in [3.63, 3.8) is 0 Å². The molecule has 2 saturated heterocycles. The normalized spacial score (nSPS) is 26.4. The van der Waals surface area contributed by atoms with Gasteiger partial charge in [-0.25, -0.2) is 29.2 Å². The van der Waals surface area contributed by atoms with Gasteiger partial charge in [-0.1, -0.05) is 89.3 Å². The number of methoxy groups -OCH3 is 3. The molecular weight excluding hydrogens is 1710 g/mol. The number of nitrogens with zero attached hydrogens (tertiary/aromatic N) is 7.